The Labute approximate surface area is 162 Å². The van der Waals surface area contributed by atoms with E-state index in [0.717, 1.165) is 18.2 Å². The van der Waals surface area contributed by atoms with Crippen LogP contribution >= 0.6 is 0 Å². The molecule has 1 aromatic heterocycles. The molecule has 0 aliphatic rings. The lowest BCUT2D eigenvalue weighted by Crippen LogP contribution is -2.07. The van der Waals surface area contributed by atoms with Crippen molar-refractivity contribution in [2.24, 2.45) is 0 Å². The number of para-hydroxylation sites is 1. The van der Waals surface area contributed by atoms with Gasteiger partial charge in [0.2, 0.25) is 0 Å². The van der Waals surface area contributed by atoms with Gasteiger partial charge in [0.05, 0.1) is 11.1 Å². The monoisotopic (exact) mass is 402 g/mol. The standard InChI is InChI=1S/C21H14F4N2O2/c1-12-5-13(7-16(6-12)21(23,24)25)10-27-11-15(8-14(9-26)20(28)29)17-3-2-4-18(22)19(17)27/h2-8,11H,10H2,1H3,(H,28,29)/b14-8+. The van der Waals surface area contributed by atoms with Gasteiger partial charge in [-0.25, -0.2) is 9.18 Å². The van der Waals surface area contributed by atoms with Gasteiger partial charge in [0.25, 0.3) is 0 Å². The van der Waals surface area contributed by atoms with Gasteiger partial charge in [0.15, 0.2) is 0 Å². The number of carboxylic acids is 1. The molecule has 0 saturated carbocycles. The van der Waals surface area contributed by atoms with Gasteiger partial charge in [0, 0.05) is 23.7 Å². The molecule has 148 valence electrons. The van der Waals surface area contributed by atoms with E-state index in [4.69, 9.17) is 10.4 Å². The molecule has 1 heterocycles. The number of rotatable bonds is 4. The maximum absolute atomic E-state index is 14.5. The predicted octanol–water partition coefficient (Wildman–Crippen LogP) is 5.15. The molecule has 0 aliphatic carbocycles. The van der Waals surface area contributed by atoms with Crippen molar-refractivity contribution in [3.8, 4) is 6.07 Å². The van der Waals surface area contributed by atoms with E-state index in [9.17, 15) is 22.4 Å². The van der Waals surface area contributed by atoms with Crippen LogP contribution in [0.25, 0.3) is 17.0 Å². The topological polar surface area (TPSA) is 66.0 Å². The van der Waals surface area contributed by atoms with Gasteiger partial charge in [-0.3, -0.25) is 0 Å². The first-order valence-electron chi connectivity index (χ1n) is 8.40. The molecule has 0 fully saturated rings. The summed E-state index contributed by atoms with van der Waals surface area (Å²) in [6.07, 6.45) is -1.98. The number of aromatic nitrogens is 1. The first-order chi connectivity index (χ1) is 13.6. The lowest BCUT2D eigenvalue weighted by Gasteiger charge is -2.12. The largest absolute Gasteiger partial charge is 0.477 e. The molecule has 0 bridgehead atoms. The number of nitriles is 1. The zero-order valence-corrected chi connectivity index (χ0v) is 15.1. The highest BCUT2D eigenvalue weighted by atomic mass is 19.4. The number of benzene rings is 2. The van der Waals surface area contributed by atoms with Crippen LogP contribution in [0.15, 0.2) is 48.2 Å². The van der Waals surface area contributed by atoms with Crippen LogP contribution in [0, 0.1) is 24.1 Å². The summed E-state index contributed by atoms with van der Waals surface area (Å²) < 4.78 is 55.2. The summed E-state index contributed by atoms with van der Waals surface area (Å²) in [6.45, 7) is 1.47. The summed E-state index contributed by atoms with van der Waals surface area (Å²) in [6, 6.07) is 9.32. The van der Waals surface area contributed by atoms with Crippen molar-refractivity contribution in [3.05, 3.63) is 76.2 Å². The van der Waals surface area contributed by atoms with E-state index in [0.29, 0.717) is 16.5 Å². The van der Waals surface area contributed by atoms with Crippen molar-refractivity contribution in [1.29, 1.82) is 5.26 Å². The summed E-state index contributed by atoms with van der Waals surface area (Å²) in [5, 5.41) is 18.4. The van der Waals surface area contributed by atoms with E-state index in [1.165, 1.54) is 29.8 Å². The Bertz CT molecular complexity index is 1180. The molecule has 29 heavy (non-hydrogen) atoms. The number of halogens is 4. The van der Waals surface area contributed by atoms with Crippen LogP contribution in [0.4, 0.5) is 17.6 Å². The maximum atomic E-state index is 14.5. The molecule has 0 aliphatic heterocycles. The zero-order chi connectivity index (χ0) is 21.3. The van der Waals surface area contributed by atoms with Crippen molar-refractivity contribution in [2.45, 2.75) is 19.6 Å². The van der Waals surface area contributed by atoms with Gasteiger partial charge < -0.3 is 9.67 Å². The third kappa shape index (κ3) is 4.14. The summed E-state index contributed by atoms with van der Waals surface area (Å²) >= 11 is 0. The van der Waals surface area contributed by atoms with Crippen LogP contribution in [0.3, 0.4) is 0 Å². The summed E-state index contributed by atoms with van der Waals surface area (Å²) in [5.74, 6) is -2.04. The van der Waals surface area contributed by atoms with Gasteiger partial charge in [0.1, 0.15) is 17.5 Å². The summed E-state index contributed by atoms with van der Waals surface area (Å²) in [7, 11) is 0. The highest BCUT2D eigenvalue weighted by Crippen LogP contribution is 2.32. The van der Waals surface area contributed by atoms with Gasteiger partial charge in [-0.05, 0) is 36.8 Å². The Balaban J connectivity index is 2.16. The zero-order valence-electron chi connectivity index (χ0n) is 15.1. The Morgan fingerprint density at radius 1 is 1.28 bits per heavy atom. The van der Waals surface area contributed by atoms with Gasteiger partial charge in [-0.2, -0.15) is 18.4 Å². The quantitative estimate of drug-likeness (QED) is 0.373. The highest BCUT2D eigenvalue weighted by molar-refractivity contribution is 6.00. The van der Waals surface area contributed by atoms with Crippen LogP contribution in [0.2, 0.25) is 0 Å². The van der Waals surface area contributed by atoms with Gasteiger partial charge in [-0.1, -0.05) is 23.8 Å². The van der Waals surface area contributed by atoms with E-state index in [2.05, 4.69) is 0 Å². The molecule has 8 heteroatoms. The SMILES string of the molecule is Cc1cc(Cn2cc(/C=C(\C#N)C(=O)O)c3cccc(F)c32)cc(C(F)(F)F)c1. The molecule has 2 aromatic carbocycles. The first kappa shape index (κ1) is 20.1. The number of aliphatic carboxylic acids is 1. The molecule has 4 nitrogen and oxygen atoms in total. The molecule has 0 saturated heterocycles. The summed E-state index contributed by atoms with van der Waals surface area (Å²) in [4.78, 5) is 11.1. The lowest BCUT2D eigenvalue weighted by atomic mass is 10.1. The average molecular weight is 402 g/mol. The average Bonchev–Trinajstić information content (AvgIpc) is 2.96. The number of hydrogen-bond acceptors (Lipinski definition) is 2. The maximum Gasteiger partial charge on any atom is 0.416 e. The number of hydrogen-bond donors (Lipinski definition) is 1. The molecule has 0 amide bonds. The first-order valence-corrected chi connectivity index (χ1v) is 8.40. The number of carboxylic acid groups (broad SMARTS) is 1. The number of fused-ring (bicyclic) bond motifs is 1. The van der Waals surface area contributed by atoms with E-state index in [1.54, 1.807) is 18.2 Å². The molecular weight excluding hydrogens is 388 g/mol. The highest BCUT2D eigenvalue weighted by Gasteiger charge is 2.31. The van der Waals surface area contributed by atoms with Crippen molar-refractivity contribution in [3.63, 3.8) is 0 Å². The van der Waals surface area contributed by atoms with Crippen molar-refractivity contribution >= 4 is 22.9 Å². The normalized spacial score (nSPS) is 12.2. The molecule has 3 rings (SSSR count). The third-order valence-corrected chi connectivity index (χ3v) is 4.35. The van der Waals surface area contributed by atoms with E-state index >= 15 is 0 Å². The van der Waals surface area contributed by atoms with Crippen molar-refractivity contribution in [2.75, 3.05) is 0 Å². The fourth-order valence-corrected chi connectivity index (χ4v) is 3.19. The molecule has 3 aromatic rings. The molecule has 0 radical (unpaired) electrons. The number of carbonyl (C=O) groups is 1. The number of nitrogens with zero attached hydrogens (tertiary/aromatic N) is 2. The molecule has 0 atom stereocenters. The molecular formula is C21H14F4N2O2. The second-order valence-corrected chi connectivity index (χ2v) is 6.53. The van der Waals surface area contributed by atoms with Gasteiger partial charge in [-0.15, -0.1) is 0 Å². The Morgan fingerprint density at radius 3 is 2.62 bits per heavy atom. The summed E-state index contributed by atoms with van der Waals surface area (Å²) in [5.41, 5.74) is -0.236. The van der Waals surface area contributed by atoms with Crippen LogP contribution in [0.5, 0.6) is 0 Å². The fourth-order valence-electron chi connectivity index (χ4n) is 3.19. The molecule has 0 unspecified atom stereocenters. The fraction of sp³-hybridized carbons (Fsp3) is 0.143. The minimum Gasteiger partial charge on any atom is -0.477 e. The smallest absolute Gasteiger partial charge is 0.416 e. The van der Waals surface area contributed by atoms with Crippen LogP contribution in [-0.2, 0) is 17.5 Å². The Kier molecular flexibility index (Phi) is 5.16. The second-order valence-electron chi connectivity index (χ2n) is 6.53. The predicted molar refractivity (Wildman–Crippen MR) is 98.4 cm³/mol. The van der Waals surface area contributed by atoms with Gasteiger partial charge >= 0.3 is 12.1 Å². The molecule has 1 N–H and O–H groups in total. The minimum absolute atomic E-state index is 0.0645. The van der Waals surface area contributed by atoms with E-state index < -0.39 is 29.1 Å². The van der Waals surface area contributed by atoms with Crippen molar-refractivity contribution < 1.29 is 27.5 Å². The molecule has 0 spiro atoms. The second kappa shape index (κ2) is 7.43. The number of aryl methyl sites for hydroxylation is 1. The van der Waals surface area contributed by atoms with Crippen LogP contribution < -0.4 is 0 Å². The third-order valence-electron chi connectivity index (χ3n) is 4.35. The lowest BCUT2D eigenvalue weighted by molar-refractivity contribution is -0.137. The number of alkyl halides is 3. The van der Waals surface area contributed by atoms with Crippen LogP contribution in [0.1, 0.15) is 22.3 Å². The Hall–Kier alpha value is -3.60. The minimum atomic E-state index is -4.51. The Morgan fingerprint density at radius 2 is 2.00 bits per heavy atom. The van der Waals surface area contributed by atoms with E-state index in [-0.39, 0.29) is 17.6 Å². The van der Waals surface area contributed by atoms with Crippen LogP contribution in [-0.4, -0.2) is 15.6 Å². The van der Waals surface area contributed by atoms with E-state index in [1.807, 2.05) is 0 Å². The van der Waals surface area contributed by atoms with Crippen molar-refractivity contribution in [1.82, 2.24) is 4.57 Å².